The van der Waals surface area contributed by atoms with Gasteiger partial charge in [-0.1, -0.05) is 12.1 Å². The zero-order valence-corrected chi connectivity index (χ0v) is 15.7. The van der Waals surface area contributed by atoms with Crippen LogP contribution in [0.3, 0.4) is 0 Å². The maximum absolute atomic E-state index is 14.6. The molecule has 0 atom stereocenters. The fraction of sp³-hybridized carbons (Fsp3) is 0.273. The fourth-order valence-electron chi connectivity index (χ4n) is 3.63. The molecule has 0 spiro atoms. The van der Waals surface area contributed by atoms with Crippen LogP contribution < -0.4 is 5.32 Å². The van der Waals surface area contributed by atoms with Crippen molar-refractivity contribution in [1.29, 1.82) is 0 Å². The normalized spacial score (nSPS) is 16.7. The second-order valence-electron chi connectivity index (χ2n) is 7.56. The van der Waals surface area contributed by atoms with E-state index in [1.165, 1.54) is 17.3 Å². The Balaban J connectivity index is 1.52. The molecule has 146 valence electrons. The van der Waals surface area contributed by atoms with Crippen molar-refractivity contribution >= 4 is 28.5 Å². The topological polar surface area (TPSA) is 75.2 Å². The highest BCUT2D eigenvalue weighted by atomic mass is 19.1. The number of rotatable bonds is 5. The lowest BCUT2D eigenvalue weighted by atomic mass is 10.0. The van der Waals surface area contributed by atoms with Gasteiger partial charge in [-0.25, -0.2) is 14.4 Å². The molecule has 3 aromatic rings. The molecule has 29 heavy (non-hydrogen) atoms. The minimum absolute atomic E-state index is 0.163. The Labute approximate surface area is 166 Å². The van der Waals surface area contributed by atoms with E-state index in [0.717, 1.165) is 29.6 Å². The van der Waals surface area contributed by atoms with Gasteiger partial charge < -0.3 is 5.32 Å². The Morgan fingerprint density at radius 2 is 1.83 bits per heavy atom. The van der Waals surface area contributed by atoms with E-state index < -0.39 is 0 Å². The molecule has 2 amide bonds. The van der Waals surface area contributed by atoms with Crippen molar-refractivity contribution in [2.24, 2.45) is 0 Å². The highest BCUT2D eigenvalue weighted by Crippen LogP contribution is 2.32. The van der Waals surface area contributed by atoms with Crippen molar-refractivity contribution in [3.63, 3.8) is 0 Å². The quantitative estimate of drug-likeness (QED) is 0.673. The largest absolute Gasteiger partial charge is 0.367 e. The number of fused-ring (bicyclic) bond motifs is 1. The molecule has 1 aliphatic carbocycles. The van der Waals surface area contributed by atoms with Gasteiger partial charge >= 0.3 is 0 Å². The van der Waals surface area contributed by atoms with Crippen molar-refractivity contribution in [2.75, 3.05) is 5.32 Å². The number of hydrogen-bond acceptors (Lipinski definition) is 5. The molecule has 2 aliphatic rings. The van der Waals surface area contributed by atoms with Crippen LogP contribution in [0.2, 0.25) is 0 Å². The van der Waals surface area contributed by atoms with Gasteiger partial charge in [0.25, 0.3) is 0 Å². The number of nitrogens with one attached hydrogen (secondary N) is 1. The SMILES string of the molecule is O=C1CCC(=O)N1Cc1ccc(F)c(-c2ccc3ncnc(NC4CC4)c3c2)c1. The number of halogens is 1. The van der Waals surface area contributed by atoms with Crippen molar-refractivity contribution in [3.8, 4) is 11.1 Å². The van der Waals surface area contributed by atoms with Gasteiger partial charge in [-0.15, -0.1) is 0 Å². The Bertz CT molecular complexity index is 1130. The molecule has 2 heterocycles. The van der Waals surface area contributed by atoms with E-state index >= 15 is 0 Å². The molecule has 2 fully saturated rings. The van der Waals surface area contributed by atoms with Crippen molar-refractivity contribution < 1.29 is 14.0 Å². The monoisotopic (exact) mass is 390 g/mol. The van der Waals surface area contributed by atoms with Crippen LogP contribution >= 0.6 is 0 Å². The molecular weight excluding hydrogens is 371 g/mol. The molecule has 0 radical (unpaired) electrons. The first-order valence-corrected chi connectivity index (χ1v) is 9.72. The van der Waals surface area contributed by atoms with Crippen molar-refractivity contribution in [2.45, 2.75) is 38.3 Å². The minimum Gasteiger partial charge on any atom is -0.367 e. The maximum atomic E-state index is 14.6. The van der Waals surface area contributed by atoms with E-state index in [1.54, 1.807) is 12.1 Å². The Hall–Kier alpha value is -3.35. The van der Waals surface area contributed by atoms with Gasteiger partial charge in [0.1, 0.15) is 18.0 Å². The number of benzene rings is 2. The standard InChI is InChI=1S/C22H19FN4O2/c23-18-5-1-13(11-27-20(28)7-8-21(27)29)9-16(18)14-2-6-19-17(10-14)22(25-12-24-19)26-15-3-4-15/h1-2,5-6,9-10,12,15H,3-4,7-8,11H2,(H,24,25,26). The molecule has 7 heteroatoms. The van der Waals surface area contributed by atoms with Crippen LogP contribution in [0, 0.1) is 5.82 Å². The fourth-order valence-corrected chi connectivity index (χ4v) is 3.63. The molecule has 2 aromatic carbocycles. The first-order chi connectivity index (χ1) is 14.1. The molecule has 0 bridgehead atoms. The minimum atomic E-state index is -0.360. The third kappa shape index (κ3) is 3.44. The van der Waals surface area contributed by atoms with Crippen LogP contribution in [0.15, 0.2) is 42.7 Å². The van der Waals surface area contributed by atoms with E-state index in [9.17, 15) is 14.0 Å². The summed E-state index contributed by atoms with van der Waals surface area (Å²) in [6.45, 7) is 0.163. The number of likely N-dealkylation sites (tertiary alicyclic amines) is 1. The molecule has 0 unspecified atom stereocenters. The predicted molar refractivity (Wildman–Crippen MR) is 106 cm³/mol. The summed E-state index contributed by atoms with van der Waals surface area (Å²) in [6, 6.07) is 10.7. The smallest absolute Gasteiger partial charge is 0.229 e. The third-order valence-electron chi connectivity index (χ3n) is 5.39. The van der Waals surface area contributed by atoms with Crippen LogP contribution in [0.1, 0.15) is 31.2 Å². The van der Waals surface area contributed by atoms with Crippen molar-refractivity contribution in [1.82, 2.24) is 14.9 Å². The zero-order chi connectivity index (χ0) is 20.0. The summed E-state index contributed by atoms with van der Waals surface area (Å²) in [4.78, 5) is 33.7. The summed E-state index contributed by atoms with van der Waals surface area (Å²) in [5.41, 5.74) is 2.62. The number of anilines is 1. The van der Waals surface area contributed by atoms with Gasteiger partial charge in [0, 0.05) is 29.8 Å². The molecule has 1 N–H and O–H groups in total. The third-order valence-corrected chi connectivity index (χ3v) is 5.39. The average molecular weight is 390 g/mol. The summed E-state index contributed by atoms with van der Waals surface area (Å²) in [5.74, 6) is 0.0314. The number of hydrogen-bond donors (Lipinski definition) is 1. The average Bonchev–Trinajstić information content (AvgIpc) is 3.49. The van der Waals surface area contributed by atoms with Gasteiger partial charge in [0.2, 0.25) is 11.8 Å². The number of carbonyl (C=O) groups is 2. The summed E-state index contributed by atoms with van der Waals surface area (Å²) >= 11 is 0. The molecule has 6 nitrogen and oxygen atoms in total. The number of aromatic nitrogens is 2. The second kappa shape index (κ2) is 6.92. The summed E-state index contributed by atoms with van der Waals surface area (Å²) in [6.07, 6.45) is 4.26. The van der Waals surface area contributed by atoms with Crippen LogP contribution in [-0.4, -0.2) is 32.7 Å². The number of nitrogens with zero attached hydrogens (tertiary/aromatic N) is 3. The van der Waals surface area contributed by atoms with Gasteiger partial charge in [0.15, 0.2) is 0 Å². The first-order valence-electron chi connectivity index (χ1n) is 9.72. The van der Waals surface area contributed by atoms with Gasteiger partial charge in [0.05, 0.1) is 12.1 Å². The Morgan fingerprint density at radius 3 is 2.59 bits per heavy atom. The number of imide groups is 1. The highest BCUT2D eigenvalue weighted by molar-refractivity contribution is 6.01. The van der Waals surface area contributed by atoms with E-state index in [1.807, 2.05) is 18.2 Å². The molecular formula is C22H19FN4O2. The summed E-state index contributed by atoms with van der Waals surface area (Å²) < 4.78 is 14.6. The zero-order valence-electron chi connectivity index (χ0n) is 15.7. The van der Waals surface area contributed by atoms with Crippen LogP contribution in [0.4, 0.5) is 10.2 Å². The summed E-state index contributed by atoms with van der Waals surface area (Å²) in [5, 5.41) is 4.23. The van der Waals surface area contributed by atoms with Crippen LogP contribution in [0.25, 0.3) is 22.0 Å². The van der Waals surface area contributed by atoms with Gasteiger partial charge in [-0.2, -0.15) is 0 Å². The number of amides is 2. The van der Waals surface area contributed by atoms with Crippen LogP contribution in [-0.2, 0) is 16.1 Å². The van der Waals surface area contributed by atoms with E-state index in [2.05, 4.69) is 15.3 Å². The summed E-state index contributed by atoms with van der Waals surface area (Å²) in [7, 11) is 0. The first kappa shape index (κ1) is 17.7. The Kier molecular flexibility index (Phi) is 4.23. The highest BCUT2D eigenvalue weighted by Gasteiger charge is 2.29. The van der Waals surface area contributed by atoms with E-state index in [4.69, 9.17) is 0 Å². The number of carbonyl (C=O) groups excluding carboxylic acids is 2. The lowest BCUT2D eigenvalue weighted by molar-refractivity contribution is -0.139. The molecule has 5 rings (SSSR count). The predicted octanol–water partition coefficient (Wildman–Crippen LogP) is 3.66. The van der Waals surface area contributed by atoms with Crippen LogP contribution in [0.5, 0.6) is 0 Å². The molecule has 1 aromatic heterocycles. The van der Waals surface area contributed by atoms with E-state index in [0.29, 0.717) is 22.7 Å². The maximum Gasteiger partial charge on any atom is 0.229 e. The lowest BCUT2D eigenvalue weighted by Crippen LogP contribution is -2.28. The van der Waals surface area contributed by atoms with Crippen molar-refractivity contribution in [3.05, 3.63) is 54.1 Å². The second-order valence-corrected chi connectivity index (χ2v) is 7.56. The Morgan fingerprint density at radius 1 is 1.03 bits per heavy atom. The molecule has 1 saturated carbocycles. The van der Waals surface area contributed by atoms with E-state index in [-0.39, 0.29) is 37.0 Å². The molecule has 1 saturated heterocycles. The van der Waals surface area contributed by atoms with Gasteiger partial charge in [-0.05, 0) is 48.2 Å². The lowest BCUT2D eigenvalue weighted by Gasteiger charge is -2.15. The molecule has 1 aliphatic heterocycles. The van der Waals surface area contributed by atoms with Gasteiger partial charge in [-0.3, -0.25) is 14.5 Å².